The Balaban J connectivity index is 2.49. The number of aliphatic hydroxyl groups is 1. The van der Waals surface area contributed by atoms with Gasteiger partial charge in [0.1, 0.15) is 5.78 Å². The van der Waals surface area contributed by atoms with Crippen LogP contribution in [0.1, 0.15) is 62.9 Å². The second-order valence-corrected chi connectivity index (χ2v) is 5.46. The Morgan fingerprint density at radius 1 is 1.50 bits per heavy atom. The molecular formula is C19H27NO4. The minimum Gasteiger partial charge on any atom is -0.493 e. The van der Waals surface area contributed by atoms with Gasteiger partial charge in [0.05, 0.1) is 19.8 Å². The van der Waals surface area contributed by atoms with Crippen LogP contribution in [0, 0.1) is 5.89 Å². The molecule has 0 amide bonds. The molecule has 2 aliphatic rings. The number of Topliss-reactive ketones (excluding diaryl/α,β-unsaturated/α-hetero) is 1. The summed E-state index contributed by atoms with van der Waals surface area (Å²) in [5, 5.41) is 10.7. The molecule has 1 saturated heterocycles. The Morgan fingerprint density at radius 3 is 2.88 bits per heavy atom. The van der Waals surface area contributed by atoms with Gasteiger partial charge < -0.3 is 14.6 Å². The van der Waals surface area contributed by atoms with Gasteiger partial charge in [-0.3, -0.25) is 9.69 Å². The first kappa shape index (κ1) is 6.96. The van der Waals surface area contributed by atoms with Crippen LogP contribution in [-0.2, 0) is 11.2 Å². The monoisotopic (exact) mass is 347 g/mol. The molecule has 0 aliphatic carbocycles. The number of hydrogen-bond acceptors (Lipinski definition) is 5. The minimum absolute atomic E-state index is 0.0787. The first-order valence-corrected chi connectivity index (χ1v) is 7.09. The number of ketones is 1. The van der Waals surface area contributed by atoms with Crippen molar-refractivity contribution in [1.82, 2.24) is 4.90 Å². The molecule has 2 aliphatic heterocycles. The number of benzene rings is 1. The van der Waals surface area contributed by atoms with Crippen LogP contribution in [0.15, 0.2) is 12.1 Å². The topological polar surface area (TPSA) is 59.0 Å². The summed E-state index contributed by atoms with van der Waals surface area (Å²) in [6.45, 7) is -10.7. The van der Waals surface area contributed by atoms with E-state index >= 15 is 0 Å². The number of piperidine rings is 1. The molecule has 0 spiro atoms. The first-order valence-electron chi connectivity index (χ1n) is 14.1. The quantitative estimate of drug-likeness (QED) is 0.906. The zero-order valence-corrected chi connectivity index (χ0v) is 13.4. The maximum Gasteiger partial charge on any atom is 0.161 e. The standard InChI is InChI=1S/C19H27NO4/c1-19(2,22)10-13-11-20-6-5-12-7-17(23-3)18(24-4)8-14(12)15(20)9-16(13)21/h7-8,13,15,22H,5-6,9-11H2,1-4H3/t13-,15-/m0/s1/i1D3,5D2,6D2,9D2,10D2,11D2,13D/t13-,15-,19?. The Morgan fingerprint density at radius 2 is 2.21 bits per heavy atom. The average Bonchev–Trinajstić information content (AvgIpc) is 2.77. The van der Waals surface area contributed by atoms with E-state index in [4.69, 9.17) is 28.7 Å². The maximum absolute atomic E-state index is 13.7. The van der Waals surface area contributed by atoms with E-state index < -0.39 is 73.4 Å². The summed E-state index contributed by atoms with van der Waals surface area (Å²) in [5.41, 5.74) is -4.55. The van der Waals surface area contributed by atoms with Crippen molar-refractivity contribution >= 4 is 5.78 Å². The van der Waals surface area contributed by atoms with Gasteiger partial charge in [0.2, 0.25) is 0 Å². The predicted octanol–water partition coefficient (Wildman–Crippen LogP) is 2.35. The molecule has 3 rings (SSSR count). The van der Waals surface area contributed by atoms with Crippen molar-refractivity contribution in [3.8, 4) is 11.5 Å². The molecule has 5 heteroatoms. The zero-order valence-electron chi connectivity index (χ0n) is 27.4. The summed E-state index contributed by atoms with van der Waals surface area (Å²) in [6, 6.07) is -0.226. The van der Waals surface area contributed by atoms with E-state index in [1.807, 2.05) is 0 Å². The van der Waals surface area contributed by atoms with Crippen LogP contribution in [-0.4, -0.2) is 48.6 Å². The number of carbonyl (C=O) groups excluding carboxylic acids is 1. The van der Waals surface area contributed by atoms with E-state index in [0.717, 1.165) is 12.1 Å². The fourth-order valence-corrected chi connectivity index (χ4v) is 2.48. The van der Waals surface area contributed by atoms with Crippen molar-refractivity contribution in [3.63, 3.8) is 0 Å². The predicted molar refractivity (Wildman–Crippen MR) is 91.6 cm³/mol. The van der Waals surface area contributed by atoms with Crippen LogP contribution in [0.3, 0.4) is 0 Å². The SMILES string of the molecule is [2H]C1([2H])C(=O)[C@@]([2H])(C([2H])([2H])C(C)(O)C([2H])([2H])[2H])C([2H])([2H])N2[C@@H]1c1cc(OC)c(OC)cc1C([2H])([2H])C2([2H])[2H]. The van der Waals surface area contributed by atoms with Gasteiger partial charge in [-0.1, -0.05) is 0 Å². The second kappa shape index (κ2) is 6.37. The lowest BCUT2D eigenvalue weighted by Crippen LogP contribution is -2.47. The molecule has 1 unspecified atom stereocenters. The molecular weight excluding hydrogens is 306 g/mol. The van der Waals surface area contributed by atoms with E-state index in [1.54, 1.807) is 0 Å². The smallest absolute Gasteiger partial charge is 0.161 e. The van der Waals surface area contributed by atoms with E-state index in [1.165, 1.54) is 14.2 Å². The third-order valence-electron chi connectivity index (χ3n) is 3.52. The molecule has 2 heterocycles. The molecule has 5 nitrogen and oxygen atoms in total. The summed E-state index contributed by atoms with van der Waals surface area (Å²) >= 11 is 0. The third kappa shape index (κ3) is 3.28. The van der Waals surface area contributed by atoms with Crippen molar-refractivity contribution in [2.24, 2.45) is 5.89 Å². The third-order valence-corrected chi connectivity index (χ3v) is 3.52. The number of ether oxygens (including phenoxy) is 2. The number of aryl methyl sites for hydroxylation is 1. The number of rotatable bonds is 4. The number of methoxy groups -OCH3 is 2. The molecule has 0 bridgehead atoms. The zero-order chi connectivity index (χ0) is 29.9. The van der Waals surface area contributed by atoms with Gasteiger partial charge in [0, 0.05) is 50.5 Å². The maximum atomic E-state index is 13.7. The van der Waals surface area contributed by atoms with Gasteiger partial charge in [-0.15, -0.1) is 0 Å². The fourth-order valence-electron chi connectivity index (χ4n) is 2.48. The summed E-state index contributed by atoms with van der Waals surface area (Å²) < 4.78 is 128. The van der Waals surface area contributed by atoms with Gasteiger partial charge in [-0.05, 0) is 49.8 Å². The van der Waals surface area contributed by atoms with Crippen LogP contribution < -0.4 is 9.47 Å². The lowest BCUT2D eigenvalue weighted by atomic mass is 9.79. The number of fused-ring (bicyclic) bond motifs is 3. The lowest BCUT2D eigenvalue weighted by Gasteiger charge is -2.44. The fraction of sp³-hybridized carbons (Fsp3) is 0.632. The Hall–Kier alpha value is -1.59. The summed E-state index contributed by atoms with van der Waals surface area (Å²) in [5.74, 6) is -6.40. The van der Waals surface area contributed by atoms with Crippen LogP contribution in [0.4, 0.5) is 0 Å². The Labute approximate surface area is 163 Å². The molecule has 0 radical (unpaired) electrons. The second-order valence-electron chi connectivity index (χ2n) is 5.46. The lowest BCUT2D eigenvalue weighted by molar-refractivity contribution is -0.131. The van der Waals surface area contributed by atoms with Gasteiger partial charge in [-0.25, -0.2) is 0 Å². The number of hydrogen-bond donors (Lipinski definition) is 1. The highest BCUT2D eigenvalue weighted by Crippen LogP contribution is 2.42. The van der Waals surface area contributed by atoms with Crippen molar-refractivity contribution in [3.05, 3.63) is 23.3 Å². The highest BCUT2D eigenvalue weighted by atomic mass is 16.5. The minimum atomic E-state index is -4.12. The van der Waals surface area contributed by atoms with Crippen LogP contribution in [0.5, 0.6) is 11.5 Å². The van der Waals surface area contributed by atoms with Crippen molar-refractivity contribution < 1.29 is 38.6 Å². The van der Waals surface area contributed by atoms with Crippen LogP contribution >= 0.6 is 0 Å². The van der Waals surface area contributed by atoms with E-state index in [2.05, 4.69) is 0 Å². The molecule has 3 atom stereocenters. The van der Waals surface area contributed by atoms with Crippen molar-refractivity contribution in [2.45, 2.75) is 44.5 Å². The molecule has 1 aromatic rings. The van der Waals surface area contributed by atoms with E-state index in [-0.39, 0.29) is 16.4 Å². The molecule has 0 aromatic heterocycles. The highest BCUT2D eigenvalue weighted by molar-refractivity contribution is 5.83. The molecule has 0 saturated carbocycles. The van der Waals surface area contributed by atoms with Gasteiger partial charge in [0.25, 0.3) is 0 Å². The molecule has 1 N–H and O–H groups in total. The number of nitrogens with zero attached hydrogens (tertiary/aromatic N) is 1. The molecule has 1 aromatic carbocycles. The Kier molecular flexibility index (Phi) is 1.85. The van der Waals surface area contributed by atoms with Crippen LogP contribution in [0.25, 0.3) is 0 Å². The molecule has 1 fully saturated rings. The Bertz CT molecular complexity index is 1160. The van der Waals surface area contributed by atoms with Gasteiger partial charge in [-0.2, -0.15) is 0 Å². The summed E-state index contributed by atoms with van der Waals surface area (Å²) in [4.78, 5) is 13.6. The van der Waals surface area contributed by atoms with Crippen molar-refractivity contribution in [2.75, 3.05) is 27.2 Å². The van der Waals surface area contributed by atoms with Crippen LogP contribution in [0.2, 0.25) is 0 Å². The van der Waals surface area contributed by atoms with Gasteiger partial charge in [0.15, 0.2) is 11.5 Å². The van der Waals surface area contributed by atoms with E-state index in [0.29, 0.717) is 6.92 Å². The normalized spacial score (nSPS) is 47.5. The summed E-state index contributed by atoms with van der Waals surface area (Å²) in [7, 11) is 2.40. The number of carbonyl (C=O) groups is 1. The average molecular weight is 348 g/mol. The first-order chi connectivity index (χ1) is 16.8. The summed E-state index contributed by atoms with van der Waals surface area (Å²) in [6.07, 6.45) is -10.8. The highest BCUT2D eigenvalue weighted by Gasteiger charge is 2.40. The van der Waals surface area contributed by atoms with Gasteiger partial charge >= 0.3 is 0 Å². The molecule has 132 valence electrons. The van der Waals surface area contributed by atoms with E-state index in [9.17, 15) is 9.90 Å². The largest absolute Gasteiger partial charge is 0.493 e. The molecule has 24 heavy (non-hydrogen) atoms. The van der Waals surface area contributed by atoms with Crippen molar-refractivity contribution in [1.29, 1.82) is 0 Å².